The van der Waals surface area contributed by atoms with Crippen LogP contribution < -0.4 is 10.2 Å². The van der Waals surface area contributed by atoms with Crippen LogP contribution in [0.15, 0.2) is 28.1 Å². The minimum absolute atomic E-state index is 0.146. The molecule has 1 N–H and O–H groups in total. The lowest BCUT2D eigenvalue weighted by Gasteiger charge is -2.24. The Kier molecular flexibility index (Phi) is 6.73. The van der Waals surface area contributed by atoms with Gasteiger partial charge in [-0.3, -0.25) is 10.3 Å². The van der Waals surface area contributed by atoms with E-state index in [2.05, 4.69) is 10.5 Å². The van der Waals surface area contributed by atoms with Crippen molar-refractivity contribution in [2.24, 2.45) is 16.3 Å². The number of aliphatic imine (C=N–C) groups is 1. The van der Waals surface area contributed by atoms with Crippen molar-refractivity contribution in [1.82, 2.24) is 10.4 Å². The van der Waals surface area contributed by atoms with E-state index in [-0.39, 0.29) is 33.8 Å². The van der Waals surface area contributed by atoms with Crippen molar-refractivity contribution in [2.45, 2.75) is 57.5 Å². The van der Waals surface area contributed by atoms with Crippen LogP contribution in [-0.4, -0.2) is 62.9 Å². The van der Waals surface area contributed by atoms with Gasteiger partial charge in [0.05, 0.1) is 15.9 Å². The lowest BCUT2D eigenvalue weighted by atomic mass is 10.1. The van der Waals surface area contributed by atoms with Crippen LogP contribution in [0.2, 0.25) is 0 Å². The summed E-state index contributed by atoms with van der Waals surface area (Å²) in [4.78, 5) is 24.2. The Balaban J connectivity index is 0.00000149. The Labute approximate surface area is 191 Å². The van der Waals surface area contributed by atoms with Crippen molar-refractivity contribution in [3.63, 3.8) is 0 Å². The quantitative estimate of drug-likeness (QED) is 0.680. The molecule has 3 unspecified atom stereocenters. The van der Waals surface area contributed by atoms with Crippen LogP contribution in [0.5, 0.6) is 5.75 Å². The number of hydroxylamine groups is 1. The van der Waals surface area contributed by atoms with E-state index in [1.807, 2.05) is 13.8 Å². The molecular weight excluding hydrogens is 463 g/mol. The van der Waals surface area contributed by atoms with Crippen molar-refractivity contribution in [3.05, 3.63) is 23.8 Å². The van der Waals surface area contributed by atoms with Gasteiger partial charge in [-0.15, -0.1) is 0 Å². The number of carbonyl (C=O) groups excluding carboxylic acids is 1. The highest BCUT2D eigenvalue weighted by Crippen LogP contribution is 2.59. The van der Waals surface area contributed by atoms with Crippen molar-refractivity contribution in [2.75, 3.05) is 19.3 Å². The van der Waals surface area contributed by atoms with Gasteiger partial charge in [0.2, 0.25) is 0 Å². The van der Waals surface area contributed by atoms with E-state index in [0.29, 0.717) is 18.9 Å². The smallest absolute Gasteiger partial charge is 0.425 e. The number of rotatable bonds is 5. The molecule has 1 saturated carbocycles. The molecule has 1 aromatic carbocycles. The van der Waals surface area contributed by atoms with E-state index >= 15 is 0 Å². The van der Waals surface area contributed by atoms with Crippen molar-refractivity contribution in [1.29, 1.82) is 0 Å². The molecule has 1 aromatic rings. The van der Waals surface area contributed by atoms with Crippen LogP contribution in [0.1, 0.15) is 44.5 Å². The molecular formula is C21H28F3N3O5S. The third kappa shape index (κ3) is 4.96. The van der Waals surface area contributed by atoms with Gasteiger partial charge in [-0.2, -0.15) is 13.2 Å². The van der Waals surface area contributed by atoms with Crippen molar-refractivity contribution < 1.29 is 36.0 Å². The number of alkyl halides is 3. The lowest BCUT2D eigenvalue weighted by molar-refractivity contribution is -0.189. The summed E-state index contributed by atoms with van der Waals surface area (Å²) in [6, 6.07) is 3.29. The molecule has 0 radical (unpaired) electrons. The number of nitrogens with one attached hydrogen (secondary N) is 1. The first-order valence-corrected chi connectivity index (χ1v) is 12.6. The topological polar surface area (TPSA) is 97.3 Å². The summed E-state index contributed by atoms with van der Waals surface area (Å²) in [6.45, 7) is 7.28. The number of hydrogen-bond donors (Lipinski definition) is 1. The van der Waals surface area contributed by atoms with Gasteiger partial charge in [0.15, 0.2) is 22.2 Å². The Bertz CT molecular complexity index is 1060. The van der Waals surface area contributed by atoms with E-state index in [0.717, 1.165) is 37.8 Å². The van der Waals surface area contributed by atoms with Crippen LogP contribution in [0.25, 0.3) is 0 Å². The maximum Gasteiger partial charge on any atom is 0.425 e. The zero-order valence-electron chi connectivity index (χ0n) is 19.1. The maximum absolute atomic E-state index is 13.2. The number of piperidine rings is 1. The molecule has 0 aromatic heterocycles. The number of amides is 1. The summed E-state index contributed by atoms with van der Waals surface area (Å²) < 4.78 is 67.9. The van der Waals surface area contributed by atoms with E-state index < -0.39 is 28.0 Å². The molecule has 1 saturated heterocycles. The van der Waals surface area contributed by atoms with Gasteiger partial charge in [0, 0.05) is 19.3 Å². The SMILES string of the molecule is CC.CC1N=C(C23CC2CN(C(=O)c2cc(S(C)(=O)=O)ccc2O[C@H](C)C(F)(F)F)C3)NO1. The summed E-state index contributed by atoms with van der Waals surface area (Å²) in [5.74, 6) is -0.0975. The molecule has 2 heterocycles. The van der Waals surface area contributed by atoms with Gasteiger partial charge in [0.25, 0.3) is 5.91 Å². The average molecular weight is 492 g/mol. The van der Waals surface area contributed by atoms with Gasteiger partial charge >= 0.3 is 6.18 Å². The Morgan fingerprint density at radius 3 is 2.58 bits per heavy atom. The number of hydrogen-bond acceptors (Lipinski definition) is 7. The summed E-state index contributed by atoms with van der Waals surface area (Å²) in [6.07, 6.45) is -5.38. The first kappa shape index (κ1) is 25.3. The highest BCUT2D eigenvalue weighted by Gasteiger charge is 2.65. The monoisotopic (exact) mass is 491 g/mol. The molecule has 2 aliphatic heterocycles. The third-order valence-corrected chi connectivity index (χ3v) is 7.03. The molecule has 1 aliphatic carbocycles. The second-order valence-corrected chi connectivity index (χ2v) is 10.3. The fourth-order valence-corrected chi connectivity index (χ4v) is 4.69. The lowest BCUT2D eigenvalue weighted by Crippen LogP contribution is -2.37. The number of benzene rings is 1. The third-order valence-electron chi connectivity index (χ3n) is 5.92. The maximum atomic E-state index is 13.2. The highest BCUT2D eigenvalue weighted by atomic mass is 32.2. The Morgan fingerprint density at radius 1 is 1.36 bits per heavy atom. The fraction of sp³-hybridized carbons (Fsp3) is 0.619. The summed E-state index contributed by atoms with van der Waals surface area (Å²) in [5, 5.41) is 0. The normalized spacial score (nSPS) is 27.0. The minimum Gasteiger partial charge on any atom is -0.480 e. The minimum atomic E-state index is -4.64. The second kappa shape index (κ2) is 8.79. The van der Waals surface area contributed by atoms with Crippen LogP contribution in [0, 0.1) is 11.3 Å². The molecule has 4 atom stereocenters. The molecule has 33 heavy (non-hydrogen) atoms. The number of carbonyl (C=O) groups is 1. The van der Waals surface area contributed by atoms with E-state index in [1.54, 1.807) is 6.92 Å². The number of amidine groups is 1. The first-order valence-electron chi connectivity index (χ1n) is 10.7. The number of sulfone groups is 1. The summed E-state index contributed by atoms with van der Waals surface area (Å²) >= 11 is 0. The molecule has 0 spiro atoms. The highest BCUT2D eigenvalue weighted by molar-refractivity contribution is 7.90. The zero-order valence-corrected chi connectivity index (χ0v) is 19.9. The fourth-order valence-electron chi connectivity index (χ4n) is 4.05. The molecule has 2 fully saturated rings. The number of likely N-dealkylation sites (tertiary alicyclic amines) is 1. The molecule has 12 heteroatoms. The summed E-state index contributed by atoms with van der Waals surface area (Å²) in [5.41, 5.74) is 2.21. The number of halogens is 3. The van der Waals surface area contributed by atoms with Crippen molar-refractivity contribution >= 4 is 21.6 Å². The molecule has 1 amide bonds. The second-order valence-electron chi connectivity index (χ2n) is 8.27. The van der Waals surface area contributed by atoms with E-state index in [4.69, 9.17) is 9.57 Å². The van der Waals surface area contributed by atoms with Crippen molar-refractivity contribution in [3.8, 4) is 5.75 Å². The van der Waals surface area contributed by atoms with Gasteiger partial charge in [0.1, 0.15) is 11.6 Å². The average Bonchev–Trinajstić information content (AvgIpc) is 3.07. The predicted molar refractivity (Wildman–Crippen MR) is 115 cm³/mol. The first-order chi connectivity index (χ1) is 15.3. The number of nitrogens with zero attached hydrogens (tertiary/aromatic N) is 2. The van der Waals surface area contributed by atoms with Gasteiger partial charge < -0.3 is 9.64 Å². The Hall–Kier alpha value is -2.34. The van der Waals surface area contributed by atoms with Crippen LogP contribution in [0.4, 0.5) is 13.2 Å². The van der Waals surface area contributed by atoms with Crippen LogP contribution in [-0.2, 0) is 14.7 Å². The van der Waals surface area contributed by atoms with E-state index in [9.17, 15) is 26.4 Å². The molecule has 4 rings (SSSR count). The van der Waals surface area contributed by atoms with Gasteiger partial charge in [-0.05, 0) is 44.4 Å². The standard InChI is InChI=1S/C19H22F3N3O5S.C2H6/c1-10(19(20,21)22)29-15-5-4-13(31(3,27)28)6-14(15)16(26)25-8-12-7-18(12,9-25)17-23-11(2)30-24-17;1-2/h4-6,10-12H,7-9H2,1-3H3,(H,23,24);1-2H3/t10-,11?,12?,18?;/m1./s1. The van der Waals surface area contributed by atoms with Gasteiger partial charge in [-0.25, -0.2) is 18.2 Å². The molecule has 3 aliphatic rings. The van der Waals surface area contributed by atoms with Gasteiger partial charge in [-0.1, -0.05) is 13.8 Å². The van der Waals surface area contributed by atoms with E-state index in [1.165, 1.54) is 4.90 Å². The number of fused-ring (bicyclic) bond motifs is 1. The summed E-state index contributed by atoms with van der Waals surface area (Å²) in [7, 11) is -3.68. The zero-order chi connectivity index (χ0) is 24.8. The van der Waals surface area contributed by atoms with Crippen LogP contribution in [0.3, 0.4) is 0 Å². The molecule has 184 valence electrons. The molecule has 8 nitrogen and oxygen atoms in total. The molecule has 0 bridgehead atoms. The van der Waals surface area contributed by atoms with Crippen LogP contribution >= 0.6 is 0 Å². The number of ether oxygens (including phenoxy) is 1. The Morgan fingerprint density at radius 2 is 2.03 bits per heavy atom. The predicted octanol–water partition coefficient (Wildman–Crippen LogP) is 3.19. The largest absolute Gasteiger partial charge is 0.480 e.